The molecule has 0 aromatic carbocycles. The molecule has 0 spiro atoms. The summed E-state index contributed by atoms with van der Waals surface area (Å²) in [6, 6.07) is 0. The number of hydrogen-bond acceptors (Lipinski definition) is 6. The number of ether oxygens (including phenoxy) is 1. The number of nitrogens with one attached hydrogen (secondary N) is 1. The van der Waals surface area contributed by atoms with Crippen molar-refractivity contribution in [2.45, 2.75) is 39.2 Å². The minimum Gasteiger partial charge on any atom is -0.459 e. The maximum Gasteiger partial charge on any atom is 0.325 e. The van der Waals surface area contributed by atoms with Gasteiger partial charge in [0.15, 0.2) is 0 Å². The van der Waals surface area contributed by atoms with E-state index >= 15 is 0 Å². The van der Waals surface area contributed by atoms with Gasteiger partial charge in [-0.25, -0.2) is 0 Å². The van der Waals surface area contributed by atoms with Crippen molar-refractivity contribution < 1.29 is 24.3 Å². The van der Waals surface area contributed by atoms with Crippen LogP contribution in [-0.4, -0.2) is 36.2 Å². The van der Waals surface area contributed by atoms with Crippen LogP contribution in [0.3, 0.4) is 0 Å². The largest absolute Gasteiger partial charge is 0.459 e. The molecule has 0 saturated carbocycles. The second-order valence-corrected chi connectivity index (χ2v) is 4.06. The Morgan fingerprint density at radius 2 is 2.15 bits per heavy atom. The van der Waals surface area contributed by atoms with Crippen molar-refractivity contribution in [1.29, 1.82) is 0 Å². The first kappa shape index (κ1) is 17.9. The molecule has 20 heavy (non-hydrogen) atoms. The summed E-state index contributed by atoms with van der Waals surface area (Å²) >= 11 is 0. The number of unbranched alkanes of at least 4 members (excludes halogenated alkanes) is 1. The molecule has 114 valence electrons. The quantitative estimate of drug-likeness (QED) is 0.211. The van der Waals surface area contributed by atoms with E-state index in [2.05, 4.69) is 10.2 Å². The molecule has 0 radical (unpaired) electrons. The monoisotopic (exact) mass is 288 g/mol. The maximum atomic E-state index is 11.4. The minimum atomic E-state index is -0.961. The van der Waals surface area contributed by atoms with Crippen molar-refractivity contribution in [3.8, 4) is 0 Å². The van der Waals surface area contributed by atoms with Crippen LogP contribution in [0.2, 0.25) is 0 Å². The van der Waals surface area contributed by atoms with Gasteiger partial charge in [-0.1, -0.05) is 12.2 Å². The summed E-state index contributed by atoms with van der Waals surface area (Å²) in [5.74, 6) is -0.896. The first-order chi connectivity index (χ1) is 9.45. The Kier molecular flexibility index (Phi) is 9.63. The van der Waals surface area contributed by atoms with E-state index in [1.54, 1.807) is 0 Å². The molecule has 1 atom stereocenters. The average molecular weight is 288 g/mol. The molecular formula is C12H20N2O6. The van der Waals surface area contributed by atoms with Crippen LogP contribution in [0.4, 0.5) is 0 Å². The Labute approximate surface area is 117 Å². The van der Waals surface area contributed by atoms with E-state index in [0.717, 1.165) is 6.42 Å². The van der Waals surface area contributed by atoms with Gasteiger partial charge in [-0.2, -0.15) is 0 Å². The van der Waals surface area contributed by atoms with Gasteiger partial charge in [-0.05, 0) is 26.7 Å². The predicted molar refractivity (Wildman–Crippen MR) is 70.2 cm³/mol. The summed E-state index contributed by atoms with van der Waals surface area (Å²) in [7, 11) is 0. The van der Waals surface area contributed by atoms with Crippen molar-refractivity contribution in [2.75, 3.05) is 13.2 Å². The predicted octanol–water partition coefficient (Wildman–Crippen LogP) is 0.989. The maximum absolute atomic E-state index is 11.4. The number of allylic oxidation sites excluding steroid dienone is 2. The smallest absolute Gasteiger partial charge is 0.325 e. The molecule has 0 aliphatic rings. The summed E-state index contributed by atoms with van der Waals surface area (Å²) in [6.45, 7) is 2.77. The van der Waals surface area contributed by atoms with E-state index in [4.69, 9.17) is 4.74 Å². The van der Waals surface area contributed by atoms with E-state index in [1.165, 1.54) is 6.92 Å². The molecule has 0 aliphatic carbocycles. The SMILES string of the molecule is C/C=C\CCCC(=O)NCC(=O)OC(C)CO[N+](=O)[O-]. The van der Waals surface area contributed by atoms with Crippen LogP contribution >= 0.6 is 0 Å². The lowest BCUT2D eigenvalue weighted by Gasteiger charge is -2.12. The van der Waals surface area contributed by atoms with Gasteiger partial charge >= 0.3 is 5.97 Å². The Morgan fingerprint density at radius 1 is 1.45 bits per heavy atom. The van der Waals surface area contributed by atoms with E-state index < -0.39 is 17.2 Å². The van der Waals surface area contributed by atoms with Gasteiger partial charge in [0.2, 0.25) is 5.91 Å². The van der Waals surface area contributed by atoms with Crippen molar-refractivity contribution in [2.24, 2.45) is 0 Å². The lowest BCUT2D eigenvalue weighted by molar-refractivity contribution is -0.759. The van der Waals surface area contributed by atoms with E-state index in [-0.39, 0.29) is 19.1 Å². The highest BCUT2D eigenvalue weighted by molar-refractivity contribution is 5.81. The van der Waals surface area contributed by atoms with Crippen LogP contribution in [0.5, 0.6) is 0 Å². The van der Waals surface area contributed by atoms with Crippen LogP contribution in [0.15, 0.2) is 12.2 Å². The number of carbonyl (C=O) groups excluding carboxylic acids is 2. The van der Waals surface area contributed by atoms with Gasteiger partial charge in [0.25, 0.3) is 5.09 Å². The highest BCUT2D eigenvalue weighted by Crippen LogP contribution is 1.97. The molecule has 0 aromatic rings. The highest BCUT2D eigenvalue weighted by Gasteiger charge is 2.12. The number of esters is 1. The number of rotatable bonds is 10. The van der Waals surface area contributed by atoms with Gasteiger partial charge in [-0.3, -0.25) is 9.59 Å². The van der Waals surface area contributed by atoms with Gasteiger partial charge in [0.1, 0.15) is 19.3 Å². The third-order valence-corrected chi connectivity index (χ3v) is 2.19. The molecule has 0 rings (SSSR count). The van der Waals surface area contributed by atoms with Gasteiger partial charge in [0.05, 0.1) is 0 Å². The molecule has 0 bridgehead atoms. The Balaban J connectivity index is 3.70. The second kappa shape index (κ2) is 10.8. The van der Waals surface area contributed by atoms with Crippen molar-refractivity contribution in [3.05, 3.63) is 22.3 Å². The molecule has 0 aromatic heterocycles. The molecule has 0 heterocycles. The zero-order chi connectivity index (χ0) is 15.4. The summed E-state index contributed by atoms with van der Waals surface area (Å²) in [5.41, 5.74) is 0. The lowest BCUT2D eigenvalue weighted by atomic mass is 10.2. The zero-order valence-electron chi connectivity index (χ0n) is 11.7. The van der Waals surface area contributed by atoms with E-state index in [1.807, 2.05) is 19.1 Å². The summed E-state index contributed by atoms with van der Waals surface area (Å²) < 4.78 is 4.80. The van der Waals surface area contributed by atoms with Crippen LogP contribution in [0, 0.1) is 10.1 Å². The summed E-state index contributed by atoms with van der Waals surface area (Å²) in [4.78, 5) is 36.6. The fourth-order valence-corrected chi connectivity index (χ4v) is 1.27. The van der Waals surface area contributed by atoms with Crippen molar-refractivity contribution in [1.82, 2.24) is 5.32 Å². The molecule has 1 amide bonds. The molecule has 1 N–H and O–H groups in total. The first-order valence-corrected chi connectivity index (χ1v) is 6.30. The van der Waals surface area contributed by atoms with Crippen molar-refractivity contribution >= 4 is 11.9 Å². The van der Waals surface area contributed by atoms with Crippen LogP contribution in [0.25, 0.3) is 0 Å². The molecule has 8 nitrogen and oxygen atoms in total. The average Bonchev–Trinajstić information content (AvgIpc) is 2.39. The van der Waals surface area contributed by atoms with Crippen LogP contribution in [0.1, 0.15) is 33.1 Å². The molecule has 0 fully saturated rings. The normalized spacial score (nSPS) is 11.9. The number of carbonyl (C=O) groups is 2. The fourth-order valence-electron chi connectivity index (χ4n) is 1.27. The molecular weight excluding hydrogens is 268 g/mol. The topological polar surface area (TPSA) is 108 Å². The Morgan fingerprint density at radius 3 is 2.75 bits per heavy atom. The third-order valence-electron chi connectivity index (χ3n) is 2.19. The van der Waals surface area contributed by atoms with E-state index in [0.29, 0.717) is 12.8 Å². The number of hydrogen-bond donors (Lipinski definition) is 1. The lowest BCUT2D eigenvalue weighted by Crippen LogP contribution is -2.33. The van der Waals surface area contributed by atoms with Crippen LogP contribution in [-0.2, 0) is 19.2 Å². The zero-order valence-corrected chi connectivity index (χ0v) is 11.7. The number of amides is 1. The van der Waals surface area contributed by atoms with Gasteiger partial charge in [0, 0.05) is 6.42 Å². The molecule has 0 aliphatic heterocycles. The highest BCUT2D eigenvalue weighted by atomic mass is 17.0. The summed E-state index contributed by atoms with van der Waals surface area (Å²) in [6.07, 6.45) is 4.96. The molecule has 1 unspecified atom stereocenters. The van der Waals surface area contributed by atoms with Crippen LogP contribution < -0.4 is 5.32 Å². The first-order valence-electron chi connectivity index (χ1n) is 6.30. The standard InChI is InChI=1S/C12H20N2O6/c1-3-4-5-6-7-11(15)13-8-12(16)20-10(2)9-19-14(17)18/h3-4,10H,5-9H2,1-2H3,(H,13,15)/b4-3-. The molecule has 8 heteroatoms. The second-order valence-electron chi connectivity index (χ2n) is 4.06. The third kappa shape index (κ3) is 11.0. The fraction of sp³-hybridized carbons (Fsp3) is 0.667. The Bertz CT molecular complexity index is 356. The summed E-state index contributed by atoms with van der Waals surface area (Å²) in [5, 5.41) is 11.4. The minimum absolute atomic E-state index is 0.236. The van der Waals surface area contributed by atoms with Crippen molar-refractivity contribution in [3.63, 3.8) is 0 Å². The van der Waals surface area contributed by atoms with Gasteiger partial charge < -0.3 is 14.9 Å². The van der Waals surface area contributed by atoms with Gasteiger partial charge in [-0.15, -0.1) is 10.1 Å². The Hall–Kier alpha value is -2.12. The number of nitrogens with zero attached hydrogens (tertiary/aromatic N) is 1. The van der Waals surface area contributed by atoms with E-state index in [9.17, 15) is 19.7 Å². The molecule has 0 saturated heterocycles.